The summed E-state index contributed by atoms with van der Waals surface area (Å²) in [4.78, 5) is 4.13. The molecule has 0 fully saturated rings. The number of hydrogen-bond donors (Lipinski definition) is 2. The van der Waals surface area contributed by atoms with Crippen LogP contribution in [-0.2, 0) is 0 Å². The third-order valence-corrected chi connectivity index (χ3v) is 3.22. The number of allylic oxidation sites excluding steroid dienone is 2. The van der Waals surface area contributed by atoms with E-state index in [1.165, 1.54) is 0 Å². The maximum atomic E-state index is 5.79. The third kappa shape index (κ3) is 2.72. The van der Waals surface area contributed by atoms with Crippen LogP contribution in [0.4, 0.5) is 11.4 Å². The molecular weight excluding hydrogens is 246 g/mol. The number of nitrogen functional groups attached to an aromatic ring is 1. The summed E-state index contributed by atoms with van der Waals surface area (Å²) >= 11 is 0. The van der Waals surface area contributed by atoms with Crippen LogP contribution in [0.2, 0.25) is 0 Å². The molecule has 2 rings (SSSR count). The van der Waals surface area contributed by atoms with Crippen LogP contribution in [0, 0.1) is 0 Å². The fraction of sp³-hybridized carbons (Fsp3) is 0.118. The van der Waals surface area contributed by atoms with Gasteiger partial charge in [0.15, 0.2) is 0 Å². The fourth-order valence-corrected chi connectivity index (χ4v) is 2.04. The molecule has 0 saturated carbocycles. The molecule has 0 bridgehead atoms. The van der Waals surface area contributed by atoms with E-state index in [0.29, 0.717) is 5.69 Å². The standard InChI is InChI=1S/C17H19N3/c1-11(2)12(3)16-8-13(5-6-17(16)19-4)14-7-15(18)10-20-9-14/h5-10,19H,1,3,18H2,2,4H3. The summed E-state index contributed by atoms with van der Waals surface area (Å²) in [7, 11) is 1.90. The highest BCUT2D eigenvalue weighted by atomic mass is 14.8. The van der Waals surface area contributed by atoms with Gasteiger partial charge in [0.05, 0.1) is 5.69 Å². The minimum absolute atomic E-state index is 0.653. The Balaban J connectivity index is 2.55. The van der Waals surface area contributed by atoms with Gasteiger partial charge in [0.1, 0.15) is 0 Å². The average molecular weight is 265 g/mol. The zero-order valence-electron chi connectivity index (χ0n) is 11.9. The van der Waals surface area contributed by atoms with E-state index in [0.717, 1.165) is 33.5 Å². The first-order valence-electron chi connectivity index (χ1n) is 6.40. The molecule has 2 aromatic rings. The lowest BCUT2D eigenvalue weighted by molar-refractivity contribution is 1.33. The van der Waals surface area contributed by atoms with Crippen LogP contribution >= 0.6 is 0 Å². The number of nitrogens with two attached hydrogens (primary N) is 1. The third-order valence-electron chi connectivity index (χ3n) is 3.22. The van der Waals surface area contributed by atoms with E-state index in [1.807, 2.05) is 32.2 Å². The zero-order chi connectivity index (χ0) is 14.7. The monoisotopic (exact) mass is 265 g/mol. The molecule has 1 aromatic heterocycles. The summed E-state index contributed by atoms with van der Waals surface area (Å²) in [6, 6.07) is 8.06. The largest absolute Gasteiger partial charge is 0.397 e. The molecule has 0 amide bonds. The summed E-state index contributed by atoms with van der Waals surface area (Å²) in [5.41, 5.74) is 12.4. The maximum Gasteiger partial charge on any atom is 0.0506 e. The minimum atomic E-state index is 0.653. The Bertz CT molecular complexity index is 672. The van der Waals surface area contributed by atoms with Crippen molar-refractivity contribution >= 4 is 16.9 Å². The van der Waals surface area contributed by atoms with Crippen LogP contribution < -0.4 is 11.1 Å². The van der Waals surface area contributed by atoms with Gasteiger partial charge in [-0.1, -0.05) is 24.8 Å². The Morgan fingerprint density at radius 1 is 1.15 bits per heavy atom. The van der Waals surface area contributed by atoms with Gasteiger partial charge >= 0.3 is 0 Å². The number of rotatable bonds is 4. The van der Waals surface area contributed by atoms with Gasteiger partial charge in [-0.3, -0.25) is 4.98 Å². The molecule has 1 aromatic carbocycles. The van der Waals surface area contributed by atoms with Crippen LogP contribution in [0.25, 0.3) is 16.7 Å². The highest BCUT2D eigenvalue weighted by molar-refractivity contribution is 5.86. The molecule has 3 heteroatoms. The van der Waals surface area contributed by atoms with Crippen molar-refractivity contribution in [2.24, 2.45) is 0 Å². The fourth-order valence-electron chi connectivity index (χ4n) is 2.04. The van der Waals surface area contributed by atoms with Crippen LogP contribution in [-0.4, -0.2) is 12.0 Å². The molecular formula is C17H19N3. The molecule has 0 aliphatic carbocycles. The van der Waals surface area contributed by atoms with Crippen molar-refractivity contribution in [1.82, 2.24) is 4.98 Å². The Kier molecular flexibility index (Phi) is 3.89. The van der Waals surface area contributed by atoms with E-state index in [-0.39, 0.29) is 0 Å². The van der Waals surface area contributed by atoms with Gasteiger partial charge in [-0.2, -0.15) is 0 Å². The number of nitrogens with zero attached hydrogens (tertiary/aromatic N) is 1. The lowest BCUT2D eigenvalue weighted by Gasteiger charge is -2.14. The lowest BCUT2D eigenvalue weighted by atomic mass is 9.95. The van der Waals surface area contributed by atoms with Crippen LogP contribution in [0.5, 0.6) is 0 Å². The molecule has 3 N–H and O–H groups in total. The van der Waals surface area contributed by atoms with Crippen LogP contribution in [0.15, 0.2) is 55.4 Å². The quantitative estimate of drug-likeness (QED) is 0.823. The molecule has 0 spiro atoms. The predicted octanol–water partition coefficient (Wildman–Crippen LogP) is 3.96. The second-order valence-electron chi connectivity index (χ2n) is 4.78. The number of hydrogen-bond acceptors (Lipinski definition) is 3. The molecule has 0 saturated heterocycles. The molecule has 102 valence electrons. The van der Waals surface area contributed by atoms with E-state index >= 15 is 0 Å². The number of pyridine rings is 1. The summed E-state index contributed by atoms with van der Waals surface area (Å²) in [5, 5.41) is 3.18. The van der Waals surface area contributed by atoms with E-state index < -0.39 is 0 Å². The number of aromatic nitrogens is 1. The second-order valence-corrected chi connectivity index (χ2v) is 4.78. The number of benzene rings is 1. The lowest BCUT2D eigenvalue weighted by Crippen LogP contribution is -1.96. The van der Waals surface area contributed by atoms with Crippen molar-refractivity contribution < 1.29 is 0 Å². The van der Waals surface area contributed by atoms with Crippen LogP contribution in [0.3, 0.4) is 0 Å². The summed E-state index contributed by atoms with van der Waals surface area (Å²) in [6.07, 6.45) is 3.44. The molecule has 1 heterocycles. The van der Waals surface area contributed by atoms with Gasteiger partial charge < -0.3 is 11.1 Å². The molecule has 0 aliphatic heterocycles. The SMILES string of the molecule is C=C(C)C(=C)c1cc(-c2cncc(N)c2)ccc1NC. The predicted molar refractivity (Wildman–Crippen MR) is 87.5 cm³/mol. The second kappa shape index (κ2) is 5.61. The molecule has 3 nitrogen and oxygen atoms in total. The average Bonchev–Trinajstić information content (AvgIpc) is 2.45. The van der Waals surface area contributed by atoms with Crippen molar-refractivity contribution in [3.63, 3.8) is 0 Å². The van der Waals surface area contributed by atoms with Gasteiger partial charge in [0.2, 0.25) is 0 Å². The summed E-state index contributed by atoms with van der Waals surface area (Å²) in [6.45, 7) is 10.0. The first-order valence-corrected chi connectivity index (χ1v) is 6.40. The van der Waals surface area contributed by atoms with E-state index in [4.69, 9.17) is 5.73 Å². The smallest absolute Gasteiger partial charge is 0.0506 e. The highest BCUT2D eigenvalue weighted by Gasteiger charge is 2.08. The van der Waals surface area contributed by atoms with Gasteiger partial charge in [0.25, 0.3) is 0 Å². The minimum Gasteiger partial charge on any atom is -0.397 e. The first-order chi connectivity index (χ1) is 9.52. The number of nitrogens with one attached hydrogen (secondary N) is 1. The molecule has 0 unspecified atom stereocenters. The Morgan fingerprint density at radius 3 is 2.50 bits per heavy atom. The van der Waals surface area contributed by atoms with Crippen molar-refractivity contribution in [3.05, 3.63) is 61.0 Å². The van der Waals surface area contributed by atoms with Crippen molar-refractivity contribution in [1.29, 1.82) is 0 Å². The van der Waals surface area contributed by atoms with Crippen molar-refractivity contribution in [3.8, 4) is 11.1 Å². The first kappa shape index (κ1) is 13.9. The van der Waals surface area contributed by atoms with Crippen molar-refractivity contribution in [2.45, 2.75) is 6.92 Å². The Hall–Kier alpha value is -2.55. The van der Waals surface area contributed by atoms with E-state index in [1.54, 1.807) is 12.4 Å². The van der Waals surface area contributed by atoms with Gasteiger partial charge in [-0.15, -0.1) is 0 Å². The highest BCUT2D eigenvalue weighted by Crippen LogP contribution is 2.31. The summed E-state index contributed by atoms with van der Waals surface area (Å²) < 4.78 is 0. The summed E-state index contributed by atoms with van der Waals surface area (Å²) in [5.74, 6) is 0. The van der Waals surface area contributed by atoms with Crippen LogP contribution in [0.1, 0.15) is 12.5 Å². The zero-order valence-corrected chi connectivity index (χ0v) is 11.9. The normalized spacial score (nSPS) is 10.1. The van der Waals surface area contributed by atoms with Gasteiger partial charge in [-0.05, 0) is 36.3 Å². The topological polar surface area (TPSA) is 50.9 Å². The molecule has 0 radical (unpaired) electrons. The Labute approximate surface area is 119 Å². The van der Waals surface area contributed by atoms with E-state index in [9.17, 15) is 0 Å². The maximum absolute atomic E-state index is 5.79. The Morgan fingerprint density at radius 2 is 1.90 bits per heavy atom. The molecule has 20 heavy (non-hydrogen) atoms. The number of anilines is 2. The van der Waals surface area contributed by atoms with Gasteiger partial charge in [0, 0.05) is 36.3 Å². The van der Waals surface area contributed by atoms with Crippen molar-refractivity contribution in [2.75, 3.05) is 18.1 Å². The molecule has 0 atom stereocenters. The van der Waals surface area contributed by atoms with E-state index in [2.05, 4.69) is 29.5 Å². The molecule has 0 aliphatic rings. The van der Waals surface area contributed by atoms with Gasteiger partial charge in [-0.25, -0.2) is 0 Å².